The van der Waals surface area contributed by atoms with Crippen molar-refractivity contribution < 1.29 is 13.7 Å². The van der Waals surface area contributed by atoms with Crippen LogP contribution in [0.15, 0.2) is 57.5 Å². The van der Waals surface area contributed by atoms with Crippen LogP contribution in [0.25, 0.3) is 34.4 Å². The molecule has 0 saturated heterocycles. The number of oxazole rings is 1. The molecule has 166 valence electrons. The Morgan fingerprint density at radius 3 is 2.58 bits per heavy atom. The minimum absolute atomic E-state index is 0.282. The highest BCUT2D eigenvalue weighted by atomic mass is 35.5. The molecule has 2 aromatic carbocycles. The van der Waals surface area contributed by atoms with Gasteiger partial charge in [-0.05, 0) is 50.2 Å². The van der Waals surface area contributed by atoms with Gasteiger partial charge in [0.05, 0.1) is 19.3 Å². The minimum Gasteiger partial charge on any atom is -0.497 e. The molecular formula is C23H19ClN6O3. The quantitative estimate of drug-likeness (QED) is 0.348. The summed E-state index contributed by atoms with van der Waals surface area (Å²) >= 11 is 6.06. The number of methoxy groups -OCH3 is 1. The fraction of sp³-hybridized carbons (Fsp3) is 0.174. The second-order valence-electron chi connectivity index (χ2n) is 7.36. The van der Waals surface area contributed by atoms with Crippen LogP contribution in [0, 0.1) is 13.8 Å². The number of rotatable bonds is 6. The molecule has 0 unspecified atom stereocenters. The first-order chi connectivity index (χ1) is 16.0. The zero-order valence-electron chi connectivity index (χ0n) is 18.1. The highest BCUT2D eigenvalue weighted by Gasteiger charge is 2.20. The maximum Gasteiger partial charge on any atom is 0.280 e. The van der Waals surface area contributed by atoms with Gasteiger partial charge in [-0.2, -0.15) is 4.98 Å². The lowest BCUT2D eigenvalue weighted by atomic mass is 10.2. The monoisotopic (exact) mass is 462 g/mol. The molecule has 10 heteroatoms. The normalized spacial score (nSPS) is 11.2. The molecule has 0 amide bonds. The van der Waals surface area contributed by atoms with Gasteiger partial charge in [-0.3, -0.25) is 0 Å². The smallest absolute Gasteiger partial charge is 0.280 e. The second kappa shape index (κ2) is 8.51. The first-order valence-corrected chi connectivity index (χ1v) is 10.5. The van der Waals surface area contributed by atoms with E-state index in [0.717, 1.165) is 28.3 Å². The van der Waals surface area contributed by atoms with Gasteiger partial charge in [0.2, 0.25) is 11.7 Å². The predicted molar refractivity (Wildman–Crippen MR) is 121 cm³/mol. The van der Waals surface area contributed by atoms with E-state index in [4.69, 9.17) is 25.3 Å². The van der Waals surface area contributed by atoms with Crippen molar-refractivity contribution in [2.45, 2.75) is 20.4 Å². The van der Waals surface area contributed by atoms with Crippen molar-refractivity contribution in [3.05, 3.63) is 70.7 Å². The highest BCUT2D eigenvalue weighted by molar-refractivity contribution is 6.30. The van der Waals surface area contributed by atoms with E-state index in [9.17, 15) is 0 Å². The van der Waals surface area contributed by atoms with Crippen LogP contribution >= 0.6 is 11.6 Å². The summed E-state index contributed by atoms with van der Waals surface area (Å²) in [5.41, 5.74) is 3.65. The molecule has 5 rings (SSSR count). The van der Waals surface area contributed by atoms with Gasteiger partial charge in [0.1, 0.15) is 17.2 Å². The van der Waals surface area contributed by atoms with E-state index in [-0.39, 0.29) is 5.89 Å². The van der Waals surface area contributed by atoms with E-state index >= 15 is 0 Å². The van der Waals surface area contributed by atoms with Crippen molar-refractivity contribution in [2.24, 2.45) is 0 Å². The Morgan fingerprint density at radius 2 is 1.82 bits per heavy atom. The number of ether oxygens (including phenoxy) is 1. The number of nitrogens with zero attached hydrogens (tertiary/aromatic N) is 6. The van der Waals surface area contributed by atoms with E-state index in [2.05, 4.69) is 25.4 Å². The van der Waals surface area contributed by atoms with Gasteiger partial charge in [0.25, 0.3) is 5.89 Å². The summed E-state index contributed by atoms with van der Waals surface area (Å²) in [5, 5.41) is 13.1. The van der Waals surface area contributed by atoms with Crippen molar-refractivity contribution in [3.8, 4) is 40.2 Å². The van der Waals surface area contributed by atoms with E-state index < -0.39 is 0 Å². The van der Waals surface area contributed by atoms with E-state index in [1.54, 1.807) is 23.9 Å². The van der Waals surface area contributed by atoms with Crippen molar-refractivity contribution >= 4 is 11.6 Å². The lowest BCUT2D eigenvalue weighted by Gasteiger charge is -2.00. The fourth-order valence-corrected chi connectivity index (χ4v) is 3.54. The molecular weight excluding hydrogens is 444 g/mol. The number of halogens is 1. The third kappa shape index (κ3) is 4.10. The number of hydrogen-bond acceptors (Lipinski definition) is 8. The van der Waals surface area contributed by atoms with Gasteiger partial charge in [-0.25, -0.2) is 9.67 Å². The van der Waals surface area contributed by atoms with Gasteiger partial charge in [0, 0.05) is 16.1 Å². The van der Waals surface area contributed by atoms with Crippen LogP contribution in [0.4, 0.5) is 0 Å². The van der Waals surface area contributed by atoms with Crippen LogP contribution in [0.3, 0.4) is 0 Å². The van der Waals surface area contributed by atoms with E-state index in [1.165, 1.54) is 0 Å². The molecule has 9 nitrogen and oxygen atoms in total. The third-order valence-electron chi connectivity index (χ3n) is 5.22. The van der Waals surface area contributed by atoms with Crippen molar-refractivity contribution in [1.29, 1.82) is 0 Å². The van der Waals surface area contributed by atoms with Gasteiger partial charge in [-0.1, -0.05) is 34.1 Å². The van der Waals surface area contributed by atoms with Gasteiger partial charge in [0.15, 0.2) is 5.69 Å². The van der Waals surface area contributed by atoms with Crippen molar-refractivity contribution in [1.82, 2.24) is 30.1 Å². The van der Waals surface area contributed by atoms with Crippen LogP contribution in [-0.2, 0) is 6.54 Å². The summed E-state index contributed by atoms with van der Waals surface area (Å²) in [4.78, 5) is 9.10. The Morgan fingerprint density at radius 1 is 1.00 bits per heavy atom. The molecule has 0 bridgehead atoms. The molecule has 0 aliphatic rings. The van der Waals surface area contributed by atoms with Crippen LogP contribution in [0.1, 0.15) is 17.1 Å². The van der Waals surface area contributed by atoms with Crippen LogP contribution in [0.5, 0.6) is 5.75 Å². The molecule has 33 heavy (non-hydrogen) atoms. The lowest BCUT2D eigenvalue weighted by molar-refractivity contribution is 0.415. The first-order valence-electron chi connectivity index (χ1n) is 10.1. The molecule has 0 aliphatic carbocycles. The average Bonchev–Trinajstić information content (AvgIpc) is 3.54. The molecule has 5 aromatic rings. The Labute approximate surface area is 194 Å². The summed E-state index contributed by atoms with van der Waals surface area (Å²) < 4.78 is 18.2. The molecule has 3 aromatic heterocycles. The number of hydrogen-bond donors (Lipinski definition) is 0. The Hall–Kier alpha value is -3.98. The maximum atomic E-state index is 6.06. The molecule has 0 N–H and O–H groups in total. The van der Waals surface area contributed by atoms with Crippen LogP contribution in [0.2, 0.25) is 5.02 Å². The Bertz CT molecular complexity index is 1420. The van der Waals surface area contributed by atoms with Gasteiger partial charge < -0.3 is 13.7 Å². The fourth-order valence-electron chi connectivity index (χ4n) is 3.35. The average molecular weight is 463 g/mol. The number of aromatic nitrogens is 6. The van der Waals surface area contributed by atoms with Gasteiger partial charge in [-0.15, -0.1) is 5.10 Å². The standard InChI is InChI=1S/C23H19ClN6O3/c1-13-20(23-26-21(28-33-23)16-5-4-6-17(24)11-16)27-29-30(13)12-19-14(2)32-22(25-19)15-7-9-18(31-3)10-8-15/h4-11H,12H2,1-3H3. The zero-order valence-corrected chi connectivity index (χ0v) is 18.9. The van der Waals surface area contributed by atoms with Gasteiger partial charge >= 0.3 is 0 Å². The molecule has 0 atom stereocenters. The van der Waals surface area contributed by atoms with Crippen LogP contribution in [-0.4, -0.2) is 37.2 Å². The molecule has 0 radical (unpaired) electrons. The SMILES string of the molecule is COc1ccc(-c2nc(Cn3nnc(-c4nc(-c5cccc(Cl)c5)no4)c3C)c(C)o2)cc1. The summed E-state index contributed by atoms with van der Waals surface area (Å²) in [6.45, 7) is 4.15. The largest absolute Gasteiger partial charge is 0.497 e. The Balaban J connectivity index is 1.38. The predicted octanol–water partition coefficient (Wildman–Crippen LogP) is 4.98. The van der Waals surface area contributed by atoms with Crippen molar-refractivity contribution in [2.75, 3.05) is 7.11 Å². The lowest BCUT2D eigenvalue weighted by Crippen LogP contribution is -2.05. The molecule has 0 fully saturated rings. The van der Waals surface area contributed by atoms with Crippen LogP contribution < -0.4 is 4.74 Å². The summed E-state index contributed by atoms with van der Waals surface area (Å²) in [6.07, 6.45) is 0. The number of aryl methyl sites for hydroxylation is 1. The maximum absolute atomic E-state index is 6.06. The summed E-state index contributed by atoms with van der Waals surface area (Å²) in [5.74, 6) is 2.72. The molecule has 0 aliphatic heterocycles. The topological polar surface area (TPSA) is 105 Å². The molecule has 0 spiro atoms. The number of benzene rings is 2. The Kier molecular flexibility index (Phi) is 5.39. The second-order valence-corrected chi connectivity index (χ2v) is 7.80. The van der Waals surface area contributed by atoms with E-state index in [0.29, 0.717) is 34.7 Å². The molecule has 3 heterocycles. The molecule has 0 saturated carbocycles. The highest BCUT2D eigenvalue weighted by Crippen LogP contribution is 2.27. The summed E-state index contributed by atoms with van der Waals surface area (Å²) in [7, 11) is 1.63. The summed E-state index contributed by atoms with van der Waals surface area (Å²) in [6, 6.07) is 14.8. The zero-order chi connectivity index (χ0) is 22.9. The first kappa shape index (κ1) is 20.9. The minimum atomic E-state index is 0.282. The third-order valence-corrected chi connectivity index (χ3v) is 5.46. The van der Waals surface area contributed by atoms with Crippen molar-refractivity contribution in [3.63, 3.8) is 0 Å². The van der Waals surface area contributed by atoms with E-state index in [1.807, 2.05) is 50.2 Å².